The third-order valence-electron chi connectivity index (χ3n) is 3.57. The average molecular weight is 250 g/mol. The van der Waals surface area contributed by atoms with Gasteiger partial charge in [0.15, 0.2) is 11.5 Å². The van der Waals surface area contributed by atoms with Crippen LogP contribution in [0.3, 0.4) is 0 Å². The van der Waals surface area contributed by atoms with Gasteiger partial charge in [-0.1, -0.05) is 13.0 Å². The summed E-state index contributed by atoms with van der Waals surface area (Å²) < 4.78 is 5.19. The molecule has 1 aromatic rings. The molecule has 0 amide bonds. The Hall–Kier alpha value is -1.26. The SMILES string of the molecule is CC[C@H](c1ccc(O)c(OC)c1)N1CCNCC1. The number of nitrogens with one attached hydrogen (secondary N) is 1. The molecule has 2 rings (SSSR count). The van der Waals surface area contributed by atoms with Crippen molar-refractivity contribution in [2.75, 3.05) is 33.3 Å². The highest BCUT2D eigenvalue weighted by Crippen LogP contribution is 2.32. The lowest BCUT2D eigenvalue weighted by molar-refractivity contribution is 0.169. The maximum absolute atomic E-state index is 9.65. The highest BCUT2D eigenvalue weighted by Gasteiger charge is 2.21. The van der Waals surface area contributed by atoms with E-state index in [2.05, 4.69) is 17.1 Å². The second kappa shape index (κ2) is 6.07. The number of phenolic OH excluding ortho intramolecular Hbond substituents is 1. The summed E-state index contributed by atoms with van der Waals surface area (Å²) in [5, 5.41) is 13.0. The third-order valence-corrected chi connectivity index (χ3v) is 3.57. The van der Waals surface area contributed by atoms with Crippen LogP contribution in [0.25, 0.3) is 0 Å². The van der Waals surface area contributed by atoms with Crippen molar-refractivity contribution in [1.29, 1.82) is 0 Å². The molecule has 1 atom stereocenters. The highest BCUT2D eigenvalue weighted by molar-refractivity contribution is 5.42. The molecule has 4 heteroatoms. The van der Waals surface area contributed by atoms with E-state index >= 15 is 0 Å². The van der Waals surface area contributed by atoms with Crippen LogP contribution >= 0.6 is 0 Å². The normalized spacial score (nSPS) is 18.6. The molecule has 0 saturated carbocycles. The Bertz CT molecular complexity index is 389. The van der Waals surface area contributed by atoms with Gasteiger partial charge in [-0.15, -0.1) is 0 Å². The topological polar surface area (TPSA) is 44.7 Å². The van der Waals surface area contributed by atoms with E-state index in [1.165, 1.54) is 5.56 Å². The molecule has 1 saturated heterocycles. The zero-order valence-electron chi connectivity index (χ0n) is 11.1. The van der Waals surface area contributed by atoms with E-state index in [1.54, 1.807) is 13.2 Å². The lowest BCUT2D eigenvalue weighted by atomic mass is 10.0. The van der Waals surface area contributed by atoms with Crippen LogP contribution in [0.5, 0.6) is 11.5 Å². The lowest BCUT2D eigenvalue weighted by Crippen LogP contribution is -2.45. The van der Waals surface area contributed by atoms with Gasteiger partial charge in [-0.3, -0.25) is 4.90 Å². The summed E-state index contributed by atoms with van der Waals surface area (Å²) >= 11 is 0. The van der Waals surface area contributed by atoms with Crippen LogP contribution in [0.2, 0.25) is 0 Å². The minimum absolute atomic E-state index is 0.205. The van der Waals surface area contributed by atoms with Crippen molar-refractivity contribution < 1.29 is 9.84 Å². The highest BCUT2D eigenvalue weighted by atomic mass is 16.5. The number of methoxy groups -OCH3 is 1. The lowest BCUT2D eigenvalue weighted by Gasteiger charge is -2.34. The van der Waals surface area contributed by atoms with Gasteiger partial charge in [-0.25, -0.2) is 0 Å². The van der Waals surface area contributed by atoms with Crippen molar-refractivity contribution >= 4 is 0 Å². The fraction of sp³-hybridized carbons (Fsp3) is 0.571. The molecular weight excluding hydrogens is 228 g/mol. The van der Waals surface area contributed by atoms with Crippen molar-refractivity contribution in [2.45, 2.75) is 19.4 Å². The Labute approximate surface area is 109 Å². The summed E-state index contributed by atoms with van der Waals surface area (Å²) in [4.78, 5) is 2.49. The van der Waals surface area contributed by atoms with E-state index in [0.29, 0.717) is 11.8 Å². The number of aromatic hydroxyl groups is 1. The first kappa shape index (κ1) is 13.2. The summed E-state index contributed by atoms with van der Waals surface area (Å²) in [7, 11) is 1.59. The number of piperazine rings is 1. The van der Waals surface area contributed by atoms with Crippen LogP contribution in [0, 0.1) is 0 Å². The number of rotatable bonds is 4. The van der Waals surface area contributed by atoms with E-state index in [9.17, 15) is 5.11 Å². The summed E-state index contributed by atoms with van der Waals surface area (Å²) in [6.45, 7) is 6.44. The predicted molar refractivity (Wildman–Crippen MR) is 72.1 cm³/mol. The van der Waals surface area contributed by atoms with Crippen LogP contribution in [-0.2, 0) is 0 Å². The zero-order chi connectivity index (χ0) is 13.0. The molecule has 1 aliphatic heterocycles. The summed E-state index contributed by atoms with van der Waals surface area (Å²) in [5.41, 5.74) is 1.22. The van der Waals surface area contributed by atoms with Crippen LogP contribution in [0.1, 0.15) is 24.9 Å². The Morgan fingerprint density at radius 2 is 2.11 bits per heavy atom. The summed E-state index contributed by atoms with van der Waals surface area (Å²) in [5.74, 6) is 0.762. The number of nitrogens with zero attached hydrogens (tertiary/aromatic N) is 1. The zero-order valence-corrected chi connectivity index (χ0v) is 11.1. The Balaban J connectivity index is 2.20. The van der Waals surface area contributed by atoms with Gasteiger partial charge in [0.1, 0.15) is 0 Å². The van der Waals surface area contributed by atoms with Crippen molar-refractivity contribution in [3.63, 3.8) is 0 Å². The molecule has 0 radical (unpaired) electrons. The molecule has 1 aromatic carbocycles. The first-order valence-electron chi connectivity index (χ1n) is 6.58. The van der Waals surface area contributed by atoms with Crippen molar-refractivity contribution in [3.05, 3.63) is 23.8 Å². The van der Waals surface area contributed by atoms with Crippen LogP contribution < -0.4 is 10.1 Å². The Morgan fingerprint density at radius 1 is 1.39 bits per heavy atom. The van der Waals surface area contributed by atoms with Crippen molar-refractivity contribution in [1.82, 2.24) is 10.2 Å². The molecule has 4 nitrogen and oxygen atoms in total. The van der Waals surface area contributed by atoms with Crippen molar-refractivity contribution in [2.24, 2.45) is 0 Å². The van der Waals surface area contributed by atoms with E-state index in [-0.39, 0.29) is 5.75 Å². The Kier molecular flexibility index (Phi) is 4.44. The van der Waals surface area contributed by atoms with Gasteiger partial charge in [0.2, 0.25) is 0 Å². The molecule has 1 heterocycles. The molecule has 0 bridgehead atoms. The summed E-state index contributed by atoms with van der Waals surface area (Å²) in [6, 6.07) is 6.07. The molecule has 1 fully saturated rings. The molecule has 0 aromatic heterocycles. The maximum atomic E-state index is 9.65. The van der Waals surface area contributed by atoms with Gasteiger partial charge in [0.25, 0.3) is 0 Å². The smallest absolute Gasteiger partial charge is 0.160 e. The van der Waals surface area contributed by atoms with Crippen LogP contribution in [0.4, 0.5) is 0 Å². The van der Waals surface area contributed by atoms with Crippen LogP contribution in [0.15, 0.2) is 18.2 Å². The number of hydrogen-bond donors (Lipinski definition) is 2. The van der Waals surface area contributed by atoms with Gasteiger partial charge in [-0.05, 0) is 24.1 Å². The van der Waals surface area contributed by atoms with Crippen LogP contribution in [-0.4, -0.2) is 43.3 Å². The van der Waals surface area contributed by atoms with Gasteiger partial charge in [0, 0.05) is 32.2 Å². The van der Waals surface area contributed by atoms with E-state index in [1.807, 2.05) is 12.1 Å². The van der Waals surface area contributed by atoms with Crippen molar-refractivity contribution in [3.8, 4) is 11.5 Å². The second-order valence-electron chi connectivity index (χ2n) is 4.64. The average Bonchev–Trinajstić information content (AvgIpc) is 2.42. The van der Waals surface area contributed by atoms with E-state index in [0.717, 1.165) is 32.6 Å². The first-order chi connectivity index (χ1) is 8.76. The number of ether oxygens (including phenoxy) is 1. The number of phenols is 1. The summed E-state index contributed by atoms with van der Waals surface area (Å²) in [6.07, 6.45) is 1.06. The molecule has 18 heavy (non-hydrogen) atoms. The van der Waals surface area contributed by atoms with Gasteiger partial charge in [-0.2, -0.15) is 0 Å². The molecule has 2 N–H and O–H groups in total. The predicted octanol–water partition coefficient (Wildman–Crippen LogP) is 1.76. The molecular formula is C14H22N2O2. The van der Waals surface area contributed by atoms with E-state index < -0.39 is 0 Å². The molecule has 0 aliphatic carbocycles. The fourth-order valence-corrected chi connectivity index (χ4v) is 2.60. The van der Waals surface area contributed by atoms with E-state index in [4.69, 9.17) is 4.74 Å². The van der Waals surface area contributed by atoms with Gasteiger partial charge >= 0.3 is 0 Å². The largest absolute Gasteiger partial charge is 0.504 e. The number of benzene rings is 1. The molecule has 0 unspecified atom stereocenters. The number of hydrogen-bond acceptors (Lipinski definition) is 4. The molecule has 0 spiro atoms. The monoisotopic (exact) mass is 250 g/mol. The Morgan fingerprint density at radius 3 is 2.72 bits per heavy atom. The van der Waals surface area contributed by atoms with Gasteiger partial charge < -0.3 is 15.2 Å². The molecule has 100 valence electrons. The second-order valence-corrected chi connectivity index (χ2v) is 4.64. The first-order valence-corrected chi connectivity index (χ1v) is 6.58. The van der Waals surface area contributed by atoms with Gasteiger partial charge in [0.05, 0.1) is 7.11 Å². The maximum Gasteiger partial charge on any atom is 0.160 e. The standard InChI is InChI=1S/C14H22N2O2/c1-3-12(16-8-6-15-7-9-16)11-4-5-13(17)14(10-11)18-2/h4-5,10,12,15,17H,3,6-9H2,1-2H3/t12-/m1/s1. The quantitative estimate of drug-likeness (QED) is 0.854. The molecule has 1 aliphatic rings. The third kappa shape index (κ3) is 2.76. The minimum atomic E-state index is 0.205. The fourth-order valence-electron chi connectivity index (χ4n) is 2.60. The minimum Gasteiger partial charge on any atom is -0.504 e.